The van der Waals surface area contributed by atoms with Crippen LogP contribution in [-0.2, 0) is 6.18 Å². The third-order valence-corrected chi connectivity index (χ3v) is 3.13. The standard InChI is InChI=1S/C15H21F3N2O/c1-2-10-20(11-6-5-9-19)14(21)12-7-3-4-8-13(12)15(16,17)18/h3-4,7-8H,2,5-6,9-11,19H2,1H3. The molecule has 0 aliphatic rings. The maximum Gasteiger partial charge on any atom is 0.417 e. The van der Waals surface area contributed by atoms with Gasteiger partial charge in [0.25, 0.3) is 5.91 Å². The zero-order valence-electron chi connectivity index (χ0n) is 12.1. The lowest BCUT2D eigenvalue weighted by atomic mass is 10.1. The Hall–Kier alpha value is -1.56. The first-order valence-corrected chi connectivity index (χ1v) is 7.07. The normalized spacial score (nSPS) is 11.5. The largest absolute Gasteiger partial charge is 0.417 e. The molecule has 0 bridgehead atoms. The summed E-state index contributed by atoms with van der Waals surface area (Å²) in [6, 6.07) is 4.92. The lowest BCUT2D eigenvalue weighted by Gasteiger charge is -2.24. The van der Waals surface area contributed by atoms with Gasteiger partial charge in [0.2, 0.25) is 0 Å². The summed E-state index contributed by atoms with van der Waals surface area (Å²) in [5.74, 6) is -0.568. The van der Waals surface area contributed by atoms with Gasteiger partial charge in [0, 0.05) is 13.1 Å². The molecule has 0 heterocycles. The predicted octanol–water partition coefficient (Wildman–Crippen LogP) is 3.30. The highest BCUT2D eigenvalue weighted by atomic mass is 19.4. The van der Waals surface area contributed by atoms with Crippen LogP contribution in [0.4, 0.5) is 13.2 Å². The van der Waals surface area contributed by atoms with E-state index in [1.54, 1.807) is 0 Å². The van der Waals surface area contributed by atoms with Crippen molar-refractivity contribution < 1.29 is 18.0 Å². The van der Waals surface area contributed by atoms with Crippen molar-refractivity contribution in [1.29, 1.82) is 0 Å². The summed E-state index contributed by atoms with van der Waals surface area (Å²) in [5.41, 5.74) is 4.24. The first-order valence-electron chi connectivity index (χ1n) is 7.07. The topological polar surface area (TPSA) is 46.3 Å². The van der Waals surface area contributed by atoms with Crippen LogP contribution in [0.1, 0.15) is 42.1 Å². The van der Waals surface area contributed by atoms with E-state index < -0.39 is 17.6 Å². The number of nitrogens with two attached hydrogens (primary N) is 1. The van der Waals surface area contributed by atoms with Crippen LogP contribution in [0.5, 0.6) is 0 Å². The first-order chi connectivity index (χ1) is 9.91. The Kier molecular flexibility index (Phi) is 6.68. The molecule has 1 amide bonds. The van der Waals surface area contributed by atoms with Gasteiger partial charge in [-0.1, -0.05) is 19.1 Å². The smallest absolute Gasteiger partial charge is 0.339 e. The van der Waals surface area contributed by atoms with E-state index in [4.69, 9.17) is 5.73 Å². The van der Waals surface area contributed by atoms with Gasteiger partial charge in [-0.25, -0.2) is 0 Å². The van der Waals surface area contributed by atoms with Gasteiger partial charge in [0.1, 0.15) is 0 Å². The number of benzene rings is 1. The number of rotatable bonds is 7. The summed E-state index contributed by atoms with van der Waals surface area (Å²) in [6.45, 7) is 3.26. The van der Waals surface area contributed by atoms with Crippen molar-refractivity contribution in [1.82, 2.24) is 4.90 Å². The molecular weight excluding hydrogens is 281 g/mol. The van der Waals surface area contributed by atoms with Gasteiger partial charge in [-0.15, -0.1) is 0 Å². The summed E-state index contributed by atoms with van der Waals surface area (Å²) in [5, 5.41) is 0. The van der Waals surface area contributed by atoms with Crippen LogP contribution < -0.4 is 5.73 Å². The molecule has 1 aromatic carbocycles. The number of halogens is 3. The SMILES string of the molecule is CCCN(CCCCN)C(=O)c1ccccc1C(F)(F)F. The molecule has 0 saturated heterocycles. The average molecular weight is 302 g/mol. The van der Waals surface area contributed by atoms with Gasteiger partial charge in [-0.2, -0.15) is 13.2 Å². The second-order valence-electron chi connectivity index (χ2n) is 4.83. The molecule has 1 aromatic rings. The maximum atomic E-state index is 13.0. The van der Waals surface area contributed by atoms with Gasteiger partial charge in [0.15, 0.2) is 0 Å². The van der Waals surface area contributed by atoms with Crippen LogP contribution in [0.2, 0.25) is 0 Å². The lowest BCUT2D eigenvalue weighted by Crippen LogP contribution is -2.34. The molecule has 0 fully saturated rings. The highest BCUT2D eigenvalue weighted by Crippen LogP contribution is 2.32. The van der Waals surface area contributed by atoms with Crippen LogP contribution >= 0.6 is 0 Å². The summed E-state index contributed by atoms with van der Waals surface area (Å²) in [4.78, 5) is 13.9. The number of nitrogens with zero attached hydrogens (tertiary/aromatic N) is 1. The van der Waals surface area contributed by atoms with Gasteiger partial charge in [-0.3, -0.25) is 4.79 Å². The summed E-state index contributed by atoms with van der Waals surface area (Å²) < 4.78 is 38.9. The second-order valence-corrected chi connectivity index (χ2v) is 4.83. The number of amides is 1. The molecule has 1 rings (SSSR count). The minimum Gasteiger partial charge on any atom is -0.339 e. The van der Waals surface area contributed by atoms with E-state index in [1.807, 2.05) is 6.92 Å². The van der Waals surface area contributed by atoms with Crippen molar-refractivity contribution in [2.45, 2.75) is 32.4 Å². The van der Waals surface area contributed by atoms with E-state index in [0.29, 0.717) is 32.5 Å². The minimum absolute atomic E-state index is 0.286. The molecule has 118 valence electrons. The highest BCUT2D eigenvalue weighted by Gasteiger charge is 2.35. The Labute approximate surface area is 122 Å². The van der Waals surface area contributed by atoms with E-state index in [0.717, 1.165) is 12.5 Å². The molecule has 2 N–H and O–H groups in total. The second kappa shape index (κ2) is 8.02. The van der Waals surface area contributed by atoms with Crippen LogP contribution in [-0.4, -0.2) is 30.4 Å². The third-order valence-electron chi connectivity index (χ3n) is 3.13. The van der Waals surface area contributed by atoms with Crippen LogP contribution in [0.3, 0.4) is 0 Å². The Morgan fingerprint density at radius 3 is 2.43 bits per heavy atom. The number of unbranched alkanes of at least 4 members (excludes halogenated alkanes) is 1. The molecule has 0 aliphatic heterocycles. The Morgan fingerprint density at radius 2 is 1.86 bits per heavy atom. The Bertz CT molecular complexity index is 460. The van der Waals surface area contributed by atoms with Crippen molar-refractivity contribution in [3.8, 4) is 0 Å². The van der Waals surface area contributed by atoms with Gasteiger partial charge in [0.05, 0.1) is 11.1 Å². The Balaban J connectivity index is 2.98. The molecule has 0 unspecified atom stereocenters. The van der Waals surface area contributed by atoms with E-state index in [-0.39, 0.29) is 5.56 Å². The number of alkyl halides is 3. The fraction of sp³-hybridized carbons (Fsp3) is 0.533. The lowest BCUT2D eigenvalue weighted by molar-refractivity contribution is -0.138. The molecular formula is C15H21F3N2O. The zero-order valence-corrected chi connectivity index (χ0v) is 12.1. The van der Waals surface area contributed by atoms with Crippen molar-refractivity contribution >= 4 is 5.91 Å². The predicted molar refractivity (Wildman–Crippen MR) is 75.9 cm³/mol. The van der Waals surface area contributed by atoms with Gasteiger partial charge >= 0.3 is 6.18 Å². The molecule has 0 aliphatic carbocycles. The maximum absolute atomic E-state index is 13.0. The van der Waals surface area contributed by atoms with Crippen molar-refractivity contribution in [3.63, 3.8) is 0 Å². The van der Waals surface area contributed by atoms with Gasteiger partial charge < -0.3 is 10.6 Å². The fourth-order valence-corrected chi connectivity index (χ4v) is 2.12. The zero-order chi connectivity index (χ0) is 15.9. The summed E-state index contributed by atoms with van der Waals surface area (Å²) in [7, 11) is 0. The van der Waals surface area contributed by atoms with Crippen molar-refractivity contribution in [2.24, 2.45) is 5.73 Å². The van der Waals surface area contributed by atoms with E-state index >= 15 is 0 Å². The molecule has 0 radical (unpaired) electrons. The fourth-order valence-electron chi connectivity index (χ4n) is 2.12. The van der Waals surface area contributed by atoms with Crippen molar-refractivity contribution in [2.75, 3.05) is 19.6 Å². The molecule has 0 saturated carbocycles. The van der Waals surface area contributed by atoms with Crippen molar-refractivity contribution in [3.05, 3.63) is 35.4 Å². The van der Waals surface area contributed by atoms with E-state index in [9.17, 15) is 18.0 Å². The number of hydrogen-bond donors (Lipinski definition) is 1. The van der Waals surface area contributed by atoms with Crippen LogP contribution in [0.15, 0.2) is 24.3 Å². The molecule has 3 nitrogen and oxygen atoms in total. The number of hydrogen-bond acceptors (Lipinski definition) is 2. The molecule has 0 aromatic heterocycles. The highest BCUT2D eigenvalue weighted by molar-refractivity contribution is 5.95. The number of carbonyl (C=O) groups is 1. The summed E-state index contributed by atoms with van der Waals surface area (Å²) >= 11 is 0. The summed E-state index contributed by atoms with van der Waals surface area (Å²) in [6.07, 6.45) is -2.39. The quantitative estimate of drug-likeness (QED) is 0.786. The molecule has 21 heavy (non-hydrogen) atoms. The molecule has 0 atom stereocenters. The van der Waals surface area contributed by atoms with E-state index in [2.05, 4.69) is 0 Å². The third kappa shape index (κ3) is 5.04. The van der Waals surface area contributed by atoms with E-state index in [1.165, 1.54) is 23.1 Å². The monoisotopic (exact) mass is 302 g/mol. The average Bonchev–Trinajstić information content (AvgIpc) is 2.45. The van der Waals surface area contributed by atoms with Crippen LogP contribution in [0, 0.1) is 0 Å². The molecule has 0 spiro atoms. The van der Waals surface area contributed by atoms with Gasteiger partial charge in [-0.05, 0) is 37.9 Å². The first kappa shape index (κ1) is 17.5. The number of carbonyl (C=O) groups excluding carboxylic acids is 1. The minimum atomic E-state index is -4.53. The Morgan fingerprint density at radius 1 is 1.19 bits per heavy atom. The van der Waals surface area contributed by atoms with Crippen LogP contribution in [0.25, 0.3) is 0 Å². The molecule has 6 heteroatoms.